The zero-order chi connectivity index (χ0) is 18.1. The van der Waals surface area contributed by atoms with E-state index >= 15 is 0 Å². The van der Waals surface area contributed by atoms with Gasteiger partial charge >= 0.3 is 0 Å². The maximum absolute atomic E-state index is 6.26. The Morgan fingerprint density at radius 3 is 2.64 bits per heavy atom. The van der Waals surface area contributed by atoms with E-state index in [1.807, 2.05) is 14.0 Å². The highest BCUT2D eigenvalue weighted by Crippen LogP contribution is 2.48. The fraction of sp³-hybridized carbons (Fsp3) is 0.895. The Balaban J connectivity index is 1.63. The molecule has 25 heavy (non-hydrogen) atoms. The molecule has 6 nitrogen and oxygen atoms in total. The third kappa shape index (κ3) is 4.41. The lowest BCUT2D eigenvalue weighted by Crippen LogP contribution is -2.36. The van der Waals surface area contributed by atoms with Crippen molar-refractivity contribution < 1.29 is 4.74 Å². The first kappa shape index (κ1) is 18.8. The highest BCUT2D eigenvalue weighted by atomic mass is 16.5. The smallest absolute Gasteiger partial charge is 0.147 e. The van der Waals surface area contributed by atoms with Crippen molar-refractivity contribution in [3.05, 3.63) is 11.6 Å². The molecular weight excluding hydrogens is 314 g/mol. The molecule has 6 heteroatoms. The van der Waals surface area contributed by atoms with E-state index in [9.17, 15) is 0 Å². The van der Waals surface area contributed by atoms with Crippen LogP contribution in [-0.4, -0.2) is 59.1 Å². The van der Waals surface area contributed by atoms with Crippen LogP contribution in [0, 0.1) is 12.3 Å². The molecule has 2 aliphatic rings. The molecule has 1 spiro atoms. The summed E-state index contributed by atoms with van der Waals surface area (Å²) in [6.07, 6.45) is 5.78. The summed E-state index contributed by atoms with van der Waals surface area (Å²) >= 11 is 0. The molecule has 2 heterocycles. The standard InChI is InChI=1S/C19H35N5O/c1-15-21-17(12-23(5)11-10-20-4)24(22-15)16-6-8-19(9-7-16)13-18(2,3)14-25-19/h16,20H,6-14H2,1-5H3/t16-,19-. The number of aryl methyl sites for hydroxylation is 1. The van der Waals surface area contributed by atoms with Crippen LogP contribution < -0.4 is 5.32 Å². The Morgan fingerprint density at radius 2 is 2.04 bits per heavy atom. The van der Waals surface area contributed by atoms with Gasteiger partial charge in [-0.2, -0.15) is 5.10 Å². The van der Waals surface area contributed by atoms with E-state index in [0.717, 1.165) is 63.6 Å². The van der Waals surface area contributed by atoms with E-state index in [1.54, 1.807) is 0 Å². The van der Waals surface area contributed by atoms with Crippen molar-refractivity contribution in [3.8, 4) is 0 Å². The van der Waals surface area contributed by atoms with E-state index in [1.165, 1.54) is 6.42 Å². The second-order valence-electron chi connectivity index (χ2n) is 8.91. The summed E-state index contributed by atoms with van der Waals surface area (Å²) < 4.78 is 8.47. The van der Waals surface area contributed by atoms with E-state index in [0.29, 0.717) is 11.5 Å². The highest BCUT2D eigenvalue weighted by molar-refractivity contribution is 5.00. The third-order valence-electron chi connectivity index (χ3n) is 5.74. The minimum atomic E-state index is 0.124. The zero-order valence-corrected chi connectivity index (χ0v) is 16.6. The SMILES string of the molecule is CNCCN(C)Cc1nc(C)nn1[C@H]1CC[C@]2(CC1)CC(C)(C)CO2. The first-order chi connectivity index (χ1) is 11.8. The molecule has 1 saturated carbocycles. The van der Waals surface area contributed by atoms with Gasteiger partial charge in [0.25, 0.3) is 0 Å². The van der Waals surface area contributed by atoms with Crippen molar-refractivity contribution in [2.75, 3.05) is 33.8 Å². The quantitative estimate of drug-likeness (QED) is 0.855. The lowest BCUT2D eigenvalue weighted by molar-refractivity contribution is -0.0355. The number of hydrogen-bond donors (Lipinski definition) is 1. The van der Waals surface area contributed by atoms with Crippen molar-refractivity contribution in [3.63, 3.8) is 0 Å². The van der Waals surface area contributed by atoms with Crippen molar-refractivity contribution in [2.24, 2.45) is 5.41 Å². The summed E-state index contributed by atoms with van der Waals surface area (Å²) in [5, 5.41) is 7.94. The van der Waals surface area contributed by atoms with E-state index in [-0.39, 0.29) is 5.60 Å². The summed E-state index contributed by atoms with van der Waals surface area (Å²) in [4.78, 5) is 7.01. The van der Waals surface area contributed by atoms with Crippen molar-refractivity contribution >= 4 is 0 Å². The minimum absolute atomic E-state index is 0.124. The van der Waals surface area contributed by atoms with E-state index < -0.39 is 0 Å². The fourth-order valence-corrected chi connectivity index (χ4v) is 4.51. The fourth-order valence-electron chi connectivity index (χ4n) is 4.51. The van der Waals surface area contributed by atoms with Crippen LogP contribution in [0.5, 0.6) is 0 Å². The lowest BCUT2D eigenvalue weighted by Gasteiger charge is -2.37. The molecule has 142 valence electrons. The largest absolute Gasteiger partial charge is 0.374 e. The molecule has 0 unspecified atom stereocenters. The van der Waals surface area contributed by atoms with E-state index in [4.69, 9.17) is 14.8 Å². The molecule has 0 radical (unpaired) electrons. The molecular formula is C19H35N5O. The molecule has 1 aliphatic heterocycles. The van der Waals surface area contributed by atoms with Gasteiger partial charge in [0.2, 0.25) is 0 Å². The summed E-state index contributed by atoms with van der Waals surface area (Å²) in [6, 6.07) is 0.465. The van der Waals surface area contributed by atoms with Crippen molar-refractivity contribution in [1.82, 2.24) is 25.0 Å². The topological polar surface area (TPSA) is 55.2 Å². The molecule has 1 saturated heterocycles. The van der Waals surface area contributed by atoms with Gasteiger partial charge in [-0.1, -0.05) is 13.8 Å². The van der Waals surface area contributed by atoms with Crippen LogP contribution in [-0.2, 0) is 11.3 Å². The second kappa shape index (κ2) is 7.33. The Morgan fingerprint density at radius 1 is 1.32 bits per heavy atom. The normalized spacial score (nSPS) is 29.0. The van der Waals surface area contributed by atoms with Crippen LogP contribution in [0.3, 0.4) is 0 Å². The molecule has 0 bridgehead atoms. The average Bonchev–Trinajstić information content (AvgIpc) is 3.06. The summed E-state index contributed by atoms with van der Waals surface area (Å²) in [6.45, 7) is 10.4. The van der Waals surface area contributed by atoms with E-state index in [2.05, 4.69) is 35.8 Å². The number of rotatable bonds is 6. The zero-order valence-electron chi connectivity index (χ0n) is 16.6. The molecule has 2 fully saturated rings. The summed E-state index contributed by atoms with van der Waals surface area (Å²) in [7, 11) is 4.14. The number of nitrogens with one attached hydrogen (secondary N) is 1. The molecule has 3 rings (SSSR count). The van der Waals surface area contributed by atoms with Gasteiger partial charge < -0.3 is 10.1 Å². The first-order valence-electron chi connectivity index (χ1n) is 9.72. The van der Waals surface area contributed by atoms with Gasteiger partial charge in [0.05, 0.1) is 24.8 Å². The van der Waals surface area contributed by atoms with Crippen molar-refractivity contribution in [1.29, 1.82) is 0 Å². The van der Waals surface area contributed by atoms with Gasteiger partial charge in [-0.25, -0.2) is 9.67 Å². The molecule has 0 atom stereocenters. The third-order valence-corrected chi connectivity index (χ3v) is 5.74. The molecule has 0 aromatic carbocycles. The predicted molar refractivity (Wildman–Crippen MR) is 99.6 cm³/mol. The number of likely N-dealkylation sites (N-methyl/N-ethyl adjacent to an activating group) is 2. The maximum atomic E-state index is 6.26. The molecule has 0 amide bonds. The number of aromatic nitrogens is 3. The summed E-state index contributed by atoms with van der Waals surface area (Å²) in [5.41, 5.74) is 0.456. The first-order valence-corrected chi connectivity index (χ1v) is 9.72. The Bertz CT molecular complexity index is 574. The second-order valence-corrected chi connectivity index (χ2v) is 8.91. The molecule has 1 aromatic heterocycles. The van der Waals surface area contributed by atoms with Gasteiger partial charge in [0, 0.05) is 13.1 Å². The van der Waals surface area contributed by atoms with Crippen LogP contribution in [0.25, 0.3) is 0 Å². The molecule has 1 aliphatic carbocycles. The van der Waals surface area contributed by atoms with Gasteiger partial charge in [0.15, 0.2) is 0 Å². The average molecular weight is 350 g/mol. The predicted octanol–water partition coefficient (Wildman–Crippen LogP) is 2.54. The van der Waals surface area contributed by atoms with Crippen LogP contribution in [0.1, 0.15) is 63.6 Å². The number of ether oxygens (including phenoxy) is 1. The van der Waals surface area contributed by atoms with Crippen LogP contribution >= 0.6 is 0 Å². The number of nitrogens with zero attached hydrogens (tertiary/aromatic N) is 4. The van der Waals surface area contributed by atoms with Crippen LogP contribution in [0.4, 0.5) is 0 Å². The van der Waals surface area contributed by atoms with Gasteiger partial charge in [0.1, 0.15) is 11.6 Å². The lowest BCUT2D eigenvalue weighted by atomic mass is 9.75. The Hall–Kier alpha value is -0.980. The Labute approximate surface area is 152 Å². The number of hydrogen-bond acceptors (Lipinski definition) is 5. The van der Waals surface area contributed by atoms with Crippen molar-refractivity contribution in [2.45, 2.75) is 71.1 Å². The van der Waals surface area contributed by atoms with Gasteiger partial charge in [-0.05, 0) is 58.5 Å². The Kier molecular flexibility index (Phi) is 5.51. The molecule has 1 aromatic rings. The van der Waals surface area contributed by atoms with Crippen LogP contribution in [0.2, 0.25) is 0 Å². The van der Waals surface area contributed by atoms with Crippen LogP contribution in [0.15, 0.2) is 0 Å². The summed E-state index contributed by atoms with van der Waals surface area (Å²) in [5.74, 6) is 1.99. The maximum Gasteiger partial charge on any atom is 0.147 e. The highest BCUT2D eigenvalue weighted by Gasteiger charge is 2.46. The van der Waals surface area contributed by atoms with Gasteiger partial charge in [-0.15, -0.1) is 0 Å². The molecule has 1 N–H and O–H groups in total. The van der Waals surface area contributed by atoms with Gasteiger partial charge in [-0.3, -0.25) is 4.90 Å². The minimum Gasteiger partial charge on any atom is -0.374 e. The monoisotopic (exact) mass is 349 g/mol.